The van der Waals surface area contributed by atoms with Gasteiger partial charge >= 0.3 is 0 Å². The Morgan fingerprint density at radius 1 is 1.12 bits per heavy atom. The standard InChI is InChI=1S/C12H16N4/c1-2-11-14-15-12(8-13)16(11)9-10-6-4-3-5-7-10/h3-7H,2,8-9,13H2,1H3. The molecule has 0 radical (unpaired) electrons. The number of aromatic nitrogens is 3. The van der Waals surface area contributed by atoms with Crippen molar-refractivity contribution in [3.05, 3.63) is 47.5 Å². The molecule has 0 aliphatic carbocycles. The van der Waals surface area contributed by atoms with Gasteiger partial charge in [0.15, 0.2) is 0 Å². The molecule has 0 atom stereocenters. The molecule has 0 amide bonds. The maximum absolute atomic E-state index is 5.65. The van der Waals surface area contributed by atoms with Crippen LogP contribution in [-0.2, 0) is 19.5 Å². The highest BCUT2D eigenvalue weighted by Gasteiger charge is 2.09. The molecule has 4 heteroatoms. The lowest BCUT2D eigenvalue weighted by atomic mass is 10.2. The maximum Gasteiger partial charge on any atom is 0.147 e. The second-order valence-corrected chi connectivity index (χ2v) is 3.66. The van der Waals surface area contributed by atoms with Crippen molar-refractivity contribution in [3.8, 4) is 0 Å². The molecule has 1 aromatic carbocycles. The highest BCUT2D eigenvalue weighted by molar-refractivity contribution is 5.16. The number of nitrogens with zero attached hydrogens (tertiary/aromatic N) is 3. The van der Waals surface area contributed by atoms with Crippen molar-refractivity contribution in [3.63, 3.8) is 0 Å². The van der Waals surface area contributed by atoms with Crippen molar-refractivity contribution in [1.29, 1.82) is 0 Å². The highest BCUT2D eigenvalue weighted by atomic mass is 15.3. The van der Waals surface area contributed by atoms with Crippen molar-refractivity contribution in [2.45, 2.75) is 26.4 Å². The van der Waals surface area contributed by atoms with Crippen LogP contribution in [0.4, 0.5) is 0 Å². The van der Waals surface area contributed by atoms with Gasteiger partial charge in [0.25, 0.3) is 0 Å². The molecule has 0 saturated carbocycles. The molecule has 84 valence electrons. The first-order valence-electron chi connectivity index (χ1n) is 5.50. The molecule has 2 aromatic rings. The summed E-state index contributed by atoms with van der Waals surface area (Å²) in [7, 11) is 0. The average Bonchev–Trinajstić information content (AvgIpc) is 2.72. The average molecular weight is 216 g/mol. The van der Waals surface area contributed by atoms with Gasteiger partial charge in [-0.3, -0.25) is 0 Å². The lowest BCUT2D eigenvalue weighted by Crippen LogP contribution is -2.11. The predicted octanol–water partition coefficient (Wildman–Crippen LogP) is 1.35. The Morgan fingerprint density at radius 2 is 1.81 bits per heavy atom. The number of benzene rings is 1. The Bertz CT molecular complexity index is 426. The van der Waals surface area contributed by atoms with Crippen molar-refractivity contribution in [2.24, 2.45) is 5.73 Å². The van der Waals surface area contributed by atoms with Gasteiger partial charge in [0.2, 0.25) is 0 Å². The monoisotopic (exact) mass is 216 g/mol. The van der Waals surface area contributed by atoms with E-state index in [-0.39, 0.29) is 0 Å². The van der Waals surface area contributed by atoms with Crippen LogP contribution in [0.25, 0.3) is 0 Å². The van der Waals surface area contributed by atoms with E-state index in [4.69, 9.17) is 5.73 Å². The van der Waals surface area contributed by atoms with E-state index < -0.39 is 0 Å². The number of rotatable bonds is 4. The van der Waals surface area contributed by atoms with Crippen molar-refractivity contribution in [1.82, 2.24) is 14.8 Å². The zero-order valence-corrected chi connectivity index (χ0v) is 9.43. The first kappa shape index (κ1) is 10.8. The molecule has 0 fully saturated rings. The normalized spacial score (nSPS) is 10.6. The molecule has 0 spiro atoms. The van der Waals surface area contributed by atoms with Gasteiger partial charge in [-0.1, -0.05) is 37.3 Å². The largest absolute Gasteiger partial charge is 0.324 e. The predicted molar refractivity (Wildman–Crippen MR) is 62.8 cm³/mol. The minimum Gasteiger partial charge on any atom is -0.324 e. The summed E-state index contributed by atoms with van der Waals surface area (Å²) >= 11 is 0. The topological polar surface area (TPSA) is 56.7 Å². The molecule has 16 heavy (non-hydrogen) atoms. The molecule has 4 nitrogen and oxygen atoms in total. The summed E-state index contributed by atoms with van der Waals surface area (Å²) < 4.78 is 2.09. The van der Waals surface area contributed by atoms with Crippen LogP contribution in [0.2, 0.25) is 0 Å². The van der Waals surface area contributed by atoms with Gasteiger partial charge in [0.05, 0.1) is 13.1 Å². The second-order valence-electron chi connectivity index (χ2n) is 3.66. The smallest absolute Gasteiger partial charge is 0.147 e. The van der Waals surface area contributed by atoms with Crippen LogP contribution in [0.5, 0.6) is 0 Å². The Morgan fingerprint density at radius 3 is 2.44 bits per heavy atom. The third-order valence-electron chi connectivity index (χ3n) is 2.59. The molecular weight excluding hydrogens is 200 g/mol. The zero-order valence-electron chi connectivity index (χ0n) is 9.43. The molecule has 0 saturated heterocycles. The van der Waals surface area contributed by atoms with E-state index in [1.165, 1.54) is 5.56 Å². The Hall–Kier alpha value is -1.68. The summed E-state index contributed by atoms with van der Waals surface area (Å²) in [4.78, 5) is 0. The molecule has 0 aliphatic rings. The van der Waals surface area contributed by atoms with Gasteiger partial charge < -0.3 is 10.3 Å². The van der Waals surface area contributed by atoms with Gasteiger partial charge in [-0.05, 0) is 5.56 Å². The van der Waals surface area contributed by atoms with Crippen LogP contribution in [0, 0.1) is 0 Å². The second kappa shape index (κ2) is 4.90. The maximum atomic E-state index is 5.65. The first-order chi connectivity index (χ1) is 7.85. The molecular formula is C12H16N4. The summed E-state index contributed by atoms with van der Waals surface area (Å²) in [5, 5.41) is 8.22. The molecule has 0 aliphatic heterocycles. The molecule has 1 aromatic heterocycles. The summed E-state index contributed by atoms with van der Waals surface area (Å²) in [5.41, 5.74) is 6.89. The minimum absolute atomic E-state index is 0.430. The molecule has 2 N–H and O–H groups in total. The molecule has 0 unspecified atom stereocenters. The van der Waals surface area contributed by atoms with E-state index in [1.807, 2.05) is 18.2 Å². The summed E-state index contributed by atoms with van der Waals surface area (Å²) in [5.74, 6) is 1.84. The van der Waals surface area contributed by atoms with Crippen molar-refractivity contribution < 1.29 is 0 Å². The molecule has 1 heterocycles. The highest BCUT2D eigenvalue weighted by Crippen LogP contribution is 2.08. The number of aryl methyl sites for hydroxylation is 1. The van der Waals surface area contributed by atoms with Gasteiger partial charge in [-0.15, -0.1) is 10.2 Å². The first-order valence-corrected chi connectivity index (χ1v) is 5.50. The fourth-order valence-electron chi connectivity index (χ4n) is 1.73. The fraction of sp³-hybridized carbons (Fsp3) is 0.333. The van der Waals surface area contributed by atoms with E-state index >= 15 is 0 Å². The third kappa shape index (κ3) is 2.12. The Balaban J connectivity index is 2.29. The summed E-state index contributed by atoms with van der Waals surface area (Å²) in [6.45, 7) is 3.30. The van der Waals surface area contributed by atoms with E-state index in [0.29, 0.717) is 6.54 Å². The van der Waals surface area contributed by atoms with Gasteiger partial charge in [-0.25, -0.2) is 0 Å². The Kier molecular flexibility index (Phi) is 3.31. The van der Waals surface area contributed by atoms with E-state index in [1.54, 1.807) is 0 Å². The Labute approximate surface area is 95.1 Å². The number of hydrogen-bond donors (Lipinski definition) is 1. The molecule has 2 rings (SSSR count). The SMILES string of the molecule is CCc1nnc(CN)n1Cc1ccccc1. The quantitative estimate of drug-likeness (QED) is 0.839. The third-order valence-corrected chi connectivity index (χ3v) is 2.59. The van der Waals surface area contributed by atoms with Crippen LogP contribution in [-0.4, -0.2) is 14.8 Å². The lowest BCUT2D eigenvalue weighted by molar-refractivity contribution is 0.687. The summed E-state index contributed by atoms with van der Waals surface area (Å²) in [6, 6.07) is 10.3. The fourth-order valence-corrected chi connectivity index (χ4v) is 1.73. The van der Waals surface area contributed by atoms with E-state index in [0.717, 1.165) is 24.6 Å². The summed E-state index contributed by atoms with van der Waals surface area (Å²) in [6.07, 6.45) is 0.875. The van der Waals surface area contributed by atoms with Crippen molar-refractivity contribution in [2.75, 3.05) is 0 Å². The van der Waals surface area contributed by atoms with Crippen LogP contribution >= 0.6 is 0 Å². The van der Waals surface area contributed by atoms with Crippen LogP contribution in [0.15, 0.2) is 30.3 Å². The van der Waals surface area contributed by atoms with Gasteiger partial charge in [0, 0.05) is 6.42 Å². The van der Waals surface area contributed by atoms with Crippen molar-refractivity contribution >= 4 is 0 Å². The number of hydrogen-bond acceptors (Lipinski definition) is 3. The van der Waals surface area contributed by atoms with E-state index in [2.05, 4.69) is 33.8 Å². The van der Waals surface area contributed by atoms with Crippen LogP contribution < -0.4 is 5.73 Å². The minimum atomic E-state index is 0.430. The van der Waals surface area contributed by atoms with Gasteiger partial charge in [-0.2, -0.15) is 0 Å². The van der Waals surface area contributed by atoms with Crippen LogP contribution in [0.1, 0.15) is 24.1 Å². The zero-order chi connectivity index (χ0) is 11.4. The number of nitrogens with two attached hydrogens (primary N) is 1. The van der Waals surface area contributed by atoms with E-state index in [9.17, 15) is 0 Å². The molecule has 0 bridgehead atoms. The lowest BCUT2D eigenvalue weighted by Gasteiger charge is -2.08. The van der Waals surface area contributed by atoms with Gasteiger partial charge in [0.1, 0.15) is 11.6 Å². The van der Waals surface area contributed by atoms with Crippen LogP contribution in [0.3, 0.4) is 0 Å².